The SMILES string of the molecule is CCOC(=O)CC(c1cc(CO)c(C)c(OC)c1)c1ccc2c(nnn2CCCCOCc2ccccc2)c1C. The maximum absolute atomic E-state index is 12.7. The summed E-state index contributed by atoms with van der Waals surface area (Å²) in [6.07, 6.45) is 2.01. The van der Waals surface area contributed by atoms with Crippen LogP contribution in [0.3, 0.4) is 0 Å². The van der Waals surface area contributed by atoms with Crippen LogP contribution in [0.2, 0.25) is 0 Å². The normalized spacial score (nSPS) is 12.0. The number of carbonyl (C=O) groups is 1. The second kappa shape index (κ2) is 14.1. The molecule has 0 radical (unpaired) electrons. The Morgan fingerprint density at radius 3 is 2.58 bits per heavy atom. The van der Waals surface area contributed by atoms with E-state index in [-0.39, 0.29) is 24.9 Å². The first-order valence-electron chi connectivity index (χ1n) is 13.8. The van der Waals surface area contributed by atoms with Gasteiger partial charge in [-0.3, -0.25) is 4.79 Å². The molecule has 1 aromatic heterocycles. The van der Waals surface area contributed by atoms with Crippen LogP contribution in [-0.2, 0) is 34.0 Å². The van der Waals surface area contributed by atoms with Crippen LogP contribution < -0.4 is 4.74 Å². The Hall–Kier alpha value is -3.75. The molecule has 1 unspecified atom stereocenters. The number of carbonyl (C=O) groups excluding carboxylic acids is 1. The van der Waals surface area contributed by atoms with Crippen molar-refractivity contribution in [3.05, 3.63) is 88.0 Å². The van der Waals surface area contributed by atoms with E-state index in [1.165, 1.54) is 5.56 Å². The molecular weight excluding hydrogens is 506 g/mol. The zero-order valence-electron chi connectivity index (χ0n) is 23.9. The zero-order chi connectivity index (χ0) is 28.5. The van der Waals surface area contributed by atoms with Crippen LogP contribution >= 0.6 is 0 Å². The summed E-state index contributed by atoms with van der Waals surface area (Å²) >= 11 is 0. The number of ether oxygens (including phenoxy) is 3. The molecule has 1 N–H and O–H groups in total. The highest BCUT2D eigenvalue weighted by Gasteiger charge is 2.25. The fourth-order valence-electron chi connectivity index (χ4n) is 5.10. The zero-order valence-corrected chi connectivity index (χ0v) is 23.9. The molecule has 0 fully saturated rings. The molecule has 8 heteroatoms. The number of benzene rings is 3. The lowest BCUT2D eigenvalue weighted by atomic mass is 9.84. The minimum Gasteiger partial charge on any atom is -0.496 e. The van der Waals surface area contributed by atoms with Crippen LogP contribution in [0.25, 0.3) is 11.0 Å². The van der Waals surface area contributed by atoms with Crippen molar-refractivity contribution in [2.24, 2.45) is 0 Å². The molecule has 40 heavy (non-hydrogen) atoms. The van der Waals surface area contributed by atoms with Gasteiger partial charge < -0.3 is 19.3 Å². The molecule has 0 spiro atoms. The fraction of sp³-hybridized carbons (Fsp3) is 0.406. The van der Waals surface area contributed by atoms with Crippen molar-refractivity contribution in [3.63, 3.8) is 0 Å². The van der Waals surface area contributed by atoms with Crippen LogP contribution in [0.4, 0.5) is 0 Å². The molecule has 4 rings (SSSR count). The summed E-state index contributed by atoms with van der Waals surface area (Å²) < 4.78 is 18.7. The second-order valence-electron chi connectivity index (χ2n) is 9.93. The topological polar surface area (TPSA) is 95.7 Å². The third-order valence-corrected chi connectivity index (χ3v) is 7.34. The van der Waals surface area contributed by atoms with E-state index >= 15 is 0 Å². The average Bonchev–Trinajstić information content (AvgIpc) is 3.38. The number of hydrogen-bond donors (Lipinski definition) is 1. The van der Waals surface area contributed by atoms with E-state index in [1.54, 1.807) is 14.0 Å². The highest BCUT2D eigenvalue weighted by molar-refractivity contribution is 5.80. The van der Waals surface area contributed by atoms with Crippen LogP contribution in [0.15, 0.2) is 54.6 Å². The molecule has 3 aromatic carbocycles. The van der Waals surface area contributed by atoms with Crippen molar-refractivity contribution in [2.45, 2.75) is 65.7 Å². The Labute approximate surface area is 235 Å². The first-order valence-corrected chi connectivity index (χ1v) is 13.8. The molecule has 0 aliphatic rings. The number of unbranched alkanes of at least 4 members (excludes halogenated alkanes) is 1. The van der Waals surface area contributed by atoms with Gasteiger partial charge in [0.05, 0.1) is 38.9 Å². The van der Waals surface area contributed by atoms with Gasteiger partial charge in [0.25, 0.3) is 0 Å². The number of rotatable bonds is 14. The van der Waals surface area contributed by atoms with Crippen LogP contribution in [-0.4, -0.2) is 46.4 Å². The molecule has 0 aliphatic carbocycles. The lowest BCUT2D eigenvalue weighted by Gasteiger charge is -2.22. The summed E-state index contributed by atoms with van der Waals surface area (Å²) in [6.45, 7) is 7.98. The minimum absolute atomic E-state index is 0.119. The van der Waals surface area contributed by atoms with E-state index in [0.717, 1.165) is 58.2 Å². The van der Waals surface area contributed by atoms with Gasteiger partial charge in [-0.15, -0.1) is 5.10 Å². The molecule has 4 aromatic rings. The first-order chi connectivity index (χ1) is 19.5. The predicted molar refractivity (Wildman–Crippen MR) is 154 cm³/mol. The van der Waals surface area contributed by atoms with Gasteiger partial charge in [0, 0.05) is 19.1 Å². The van der Waals surface area contributed by atoms with Crippen molar-refractivity contribution < 1.29 is 24.1 Å². The predicted octanol–water partition coefficient (Wildman–Crippen LogP) is 5.63. The van der Waals surface area contributed by atoms with E-state index in [9.17, 15) is 9.90 Å². The first kappa shape index (κ1) is 29.2. The maximum Gasteiger partial charge on any atom is 0.306 e. The highest BCUT2D eigenvalue weighted by Crippen LogP contribution is 2.37. The van der Waals surface area contributed by atoms with E-state index in [1.807, 2.05) is 54.9 Å². The Morgan fingerprint density at radius 2 is 1.85 bits per heavy atom. The number of aliphatic hydroxyl groups is 1. The summed E-state index contributed by atoms with van der Waals surface area (Å²) in [6, 6.07) is 18.1. The third kappa shape index (κ3) is 6.87. The minimum atomic E-state index is -0.296. The van der Waals surface area contributed by atoms with Crippen molar-refractivity contribution in [3.8, 4) is 5.75 Å². The number of esters is 1. The molecule has 212 valence electrons. The van der Waals surface area contributed by atoms with Crippen molar-refractivity contribution in [1.82, 2.24) is 15.0 Å². The summed E-state index contributed by atoms with van der Waals surface area (Å²) in [4.78, 5) is 12.7. The lowest BCUT2D eigenvalue weighted by Crippen LogP contribution is -2.14. The Kier molecular flexibility index (Phi) is 10.3. The highest BCUT2D eigenvalue weighted by atomic mass is 16.5. The molecule has 8 nitrogen and oxygen atoms in total. The van der Waals surface area contributed by atoms with Gasteiger partial charge in [-0.25, -0.2) is 4.68 Å². The maximum atomic E-state index is 12.7. The van der Waals surface area contributed by atoms with E-state index < -0.39 is 0 Å². The number of hydrogen-bond acceptors (Lipinski definition) is 7. The van der Waals surface area contributed by atoms with Gasteiger partial charge >= 0.3 is 5.97 Å². The Bertz CT molecular complexity index is 1390. The lowest BCUT2D eigenvalue weighted by molar-refractivity contribution is -0.143. The average molecular weight is 546 g/mol. The molecule has 1 atom stereocenters. The van der Waals surface area contributed by atoms with Gasteiger partial charge in [-0.05, 0) is 79.1 Å². The van der Waals surface area contributed by atoms with Gasteiger partial charge in [-0.1, -0.05) is 47.7 Å². The van der Waals surface area contributed by atoms with Crippen LogP contribution in [0.1, 0.15) is 65.5 Å². The van der Waals surface area contributed by atoms with E-state index in [2.05, 4.69) is 28.5 Å². The number of aromatic nitrogens is 3. The van der Waals surface area contributed by atoms with Gasteiger partial charge in [0.1, 0.15) is 11.3 Å². The number of nitrogens with zero attached hydrogens (tertiary/aromatic N) is 3. The Morgan fingerprint density at radius 1 is 1.05 bits per heavy atom. The molecule has 0 saturated carbocycles. The molecular formula is C32H39N3O5. The smallest absolute Gasteiger partial charge is 0.306 e. The molecule has 0 saturated heterocycles. The van der Waals surface area contributed by atoms with Gasteiger partial charge in [0.2, 0.25) is 0 Å². The second-order valence-corrected chi connectivity index (χ2v) is 9.93. The number of fused-ring (bicyclic) bond motifs is 1. The Balaban J connectivity index is 1.53. The van der Waals surface area contributed by atoms with Gasteiger partial charge in [-0.2, -0.15) is 0 Å². The molecule has 0 aliphatic heterocycles. The number of methoxy groups -OCH3 is 1. The van der Waals surface area contributed by atoms with Crippen molar-refractivity contribution in [2.75, 3.05) is 20.3 Å². The summed E-state index contributed by atoms with van der Waals surface area (Å²) in [5.41, 5.74) is 7.40. The number of aliphatic hydroxyl groups excluding tert-OH is 1. The molecule has 0 bridgehead atoms. The standard InChI is InChI=1S/C32H39N3O5/c1-5-40-31(37)19-28(25-17-26(20-36)22(2)30(18-25)38-4)27-13-14-29-32(23(27)3)33-34-35(29)15-9-10-16-39-21-24-11-7-6-8-12-24/h6-8,11-14,17-18,28,36H,5,9-10,15-16,19-21H2,1-4H3. The van der Waals surface area contributed by atoms with Crippen molar-refractivity contribution >= 4 is 17.0 Å². The summed E-state index contributed by atoms with van der Waals surface area (Å²) in [7, 11) is 1.61. The third-order valence-electron chi connectivity index (χ3n) is 7.34. The quantitative estimate of drug-likeness (QED) is 0.162. The van der Waals surface area contributed by atoms with E-state index in [4.69, 9.17) is 14.2 Å². The van der Waals surface area contributed by atoms with Crippen LogP contribution in [0.5, 0.6) is 5.75 Å². The monoisotopic (exact) mass is 545 g/mol. The largest absolute Gasteiger partial charge is 0.496 e. The van der Waals surface area contributed by atoms with Crippen molar-refractivity contribution in [1.29, 1.82) is 0 Å². The van der Waals surface area contributed by atoms with E-state index in [0.29, 0.717) is 25.6 Å². The van der Waals surface area contributed by atoms with Gasteiger partial charge in [0.15, 0.2) is 0 Å². The molecule has 1 heterocycles. The van der Waals surface area contributed by atoms with Crippen LogP contribution in [0, 0.1) is 13.8 Å². The molecule has 0 amide bonds. The summed E-state index contributed by atoms with van der Waals surface area (Å²) in [5.74, 6) is 0.0956. The summed E-state index contributed by atoms with van der Waals surface area (Å²) in [5, 5.41) is 18.9. The number of aryl methyl sites for hydroxylation is 2. The fourth-order valence-corrected chi connectivity index (χ4v) is 5.10.